The fourth-order valence-electron chi connectivity index (χ4n) is 16.1. The van der Waals surface area contributed by atoms with E-state index in [9.17, 15) is 66.4 Å². The third-order valence-corrected chi connectivity index (χ3v) is 21.1. The maximum atomic E-state index is 15.3. The molecule has 8 fully saturated rings. The molecule has 4 heterocycles. The molecule has 0 aromatic heterocycles. The van der Waals surface area contributed by atoms with E-state index in [4.69, 9.17) is 37.9 Å². The van der Waals surface area contributed by atoms with Crippen molar-refractivity contribution in [2.75, 3.05) is 26.4 Å². The van der Waals surface area contributed by atoms with Crippen LogP contribution in [0.5, 0.6) is 0 Å². The standard InChI is InChI=1S/C53H86O22/c1-23-32(57)35(60)40(65)45(70-23)74-42-28(21-69-43-39(64)36(61)34(59)27(19-54)71-43)72-46(41(66)37(42)62)75-47(67)53-16-14-48(2,3)18-25(53)24-8-9-30-49(4)12-11-31(73-44-38(63)33(58)26(56)20-68-44)50(5,22-55)29(49)10-13-52(30,7)51(24,6)15-17-53/h8,23,25-46,54-66H,9-22H2,1-7H3. The molecule has 13 N–H and O–H groups in total. The third kappa shape index (κ3) is 9.50. The summed E-state index contributed by atoms with van der Waals surface area (Å²) in [6, 6.07) is 0. The van der Waals surface area contributed by atoms with Crippen LogP contribution in [0, 0.1) is 50.2 Å². The number of aliphatic hydroxyl groups is 13. The minimum atomic E-state index is -1.95. The predicted octanol–water partition coefficient (Wildman–Crippen LogP) is -1.40. The van der Waals surface area contributed by atoms with Gasteiger partial charge >= 0.3 is 5.97 Å². The second kappa shape index (κ2) is 21.1. The summed E-state index contributed by atoms with van der Waals surface area (Å²) in [5.74, 6) is -0.708. The van der Waals surface area contributed by atoms with Crippen molar-refractivity contribution in [2.24, 2.45) is 50.2 Å². The maximum absolute atomic E-state index is 15.3. The third-order valence-electron chi connectivity index (χ3n) is 21.1. The highest BCUT2D eigenvalue weighted by Gasteiger charge is 2.71. The first-order valence-corrected chi connectivity index (χ1v) is 27.3. The Morgan fingerprint density at radius 2 is 1.28 bits per heavy atom. The van der Waals surface area contributed by atoms with Gasteiger partial charge in [-0.1, -0.05) is 53.2 Å². The number of fused-ring (bicyclic) bond motifs is 7. The highest BCUT2D eigenvalue weighted by molar-refractivity contribution is 5.79. The van der Waals surface area contributed by atoms with Crippen LogP contribution in [0.1, 0.15) is 113 Å². The van der Waals surface area contributed by atoms with Gasteiger partial charge in [0.1, 0.15) is 85.5 Å². The highest BCUT2D eigenvalue weighted by atomic mass is 16.8. The summed E-state index contributed by atoms with van der Waals surface area (Å²) >= 11 is 0. The number of hydrogen-bond acceptors (Lipinski definition) is 22. The summed E-state index contributed by atoms with van der Waals surface area (Å²) in [6.45, 7) is 13.2. The monoisotopic (exact) mass is 1070 g/mol. The van der Waals surface area contributed by atoms with E-state index in [2.05, 4.69) is 40.7 Å². The molecule has 22 heteroatoms. The van der Waals surface area contributed by atoms with E-state index in [1.54, 1.807) is 0 Å². The van der Waals surface area contributed by atoms with Gasteiger partial charge in [-0.25, -0.2) is 0 Å². The van der Waals surface area contributed by atoms with Crippen LogP contribution in [-0.2, 0) is 42.7 Å². The quantitative estimate of drug-likeness (QED) is 0.0643. The molecule has 0 spiro atoms. The van der Waals surface area contributed by atoms with Crippen molar-refractivity contribution in [1.29, 1.82) is 0 Å². The number of aliphatic hydroxyl groups excluding tert-OH is 13. The Balaban J connectivity index is 0.970. The molecule has 28 atom stereocenters. The summed E-state index contributed by atoms with van der Waals surface area (Å²) in [5, 5.41) is 139. The van der Waals surface area contributed by atoms with Gasteiger partial charge in [0.15, 0.2) is 18.9 Å². The zero-order chi connectivity index (χ0) is 54.7. The molecule has 4 saturated carbocycles. The minimum absolute atomic E-state index is 0.0184. The van der Waals surface area contributed by atoms with Crippen molar-refractivity contribution in [3.63, 3.8) is 0 Å². The first-order valence-electron chi connectivity index (χ1n) is 27.3. The molecule has 4 saturated heterocycles. The van der Waals surface area contributed by atoms with Gasteiger partial charge in [0.05, 0.1) is 44.1 Å². The van der Waals surface area contributed by atoms with E-state index in [0.717, 1.165) is 25.7 Å². The summed E-state index contributed by atoms with van der Waals surface area (Å²) in [4.78, 5) is 15.3. The van der Waals surface area contributed by atoms with Crippen LogP contribution in [0.15, 0.2) is 11.6 Å². The number of esters is 1. The number of carbonyl (C=O) groups excluding carboxylic acids is 1. The van der Waals surface area contributed by atoms with Gasteiger partial charge in [-0.05, 0) is 111 Å². The van der Waals surface area contributed by atoms with Crippen LogP contribution in [0.3, 0.4) is 0 Å². The lowest BCUT2D eigenvalue weighted by molar-refractivity contribution is -0.362. The van der Waals surface area contributed by atoms with E-state index in [1.165, 1.54) is 12.5 Å². The van der Waals surface area contributed by atoms with Gasteiger partial charge in [-0.3, -0.25) is 4.79 Å². The molecule has 22 nitrogen and oxygen atoms in total. The number of rotatable bonds is 11. The Labute approximate surface area is 437 Å². The second-order valence-electron chi connectivity index (χ2n) is 25.7. The number of hydrogen-bond donors (Lipinski definition) is 13. The zero-order valence-electron chi connectivity index (χ0n) is 44.2. The molecule has 9 rings (SSSR count). The van der Waals surface area contributed by atoms with E-state index in [-0.39, 0.29) is 52.6 Å². The molecule has 75 heavy (non-hydrogen) atoms. The van der Waals surface area contributed by atoms with Gasteiger partial charge in [0.2, 0.25) is 6.29 Å². The summed E-state index contributed by atoms with van der Waals surface area (Å²) in [7, 11) is 0. The Morgan fingerprint density at radius 1 is 0.640 bits per heavy atom. The Hall–Kier alpha value is -1.59. The molecule has 0 aromatic carbocycles. The lowest BCUT2D eigenvalue weighted by atomic mass is 9.33. The van der Waals surface area contributed by atoms with Gasteiger partial charge in [-0.15, -0.1) is 0 Å². The largest absolute Gasteiger partial charge is 0.432 e. The van der Waals surface area contributed by atoms with Gasteiger partial charge < -0.3 is 104 Å². The molecule has 0 bridgehead atoms. The smallest absolute Gasteiger partial charge is 0.315 e. The van der Waals surface area contributed by atoms with E-state index in [1.807, 2.05) is 6.92 Å². The van der Waals surface area contributed by atoms with Crippen molar-refractivity contribution in [2.45, 2.75) is 235 Å². The first kappa shape index (κ1) is 58.1. The number of ether oxygens (including phenoxy) is 8. The van der Waals surface area contributed by atoms with Crippen molar-refractivity contribution in [1.82, 2.24) is 0 Å². The van der Waals surface area contributed by atoms with Crippen molar-refractivity contribution in [3.8, 4) is 0 Å². The Morgan fingerprint density at radius 3 is 1.97 bits per heavy atom. The zero-order valence-corrected chi connectivity index (χ0v) is 44.2. The van der Waals surface area contributed by atoms with Crippen LogP contribution in [0.2, 0.25) is 0 Å². The van der Waals surface area contributed by atoms with Crippen molar-refractivity contribution < 1.29 is 109 Å². The molecule has 0 radical (unpaired) electrons. The summed E-state index contributed by atoms with van der Waals surface area (Å²) < 4.78 is 47.7. The average Bonchev–Trinajstić information content (AvgIpc) is 3.37. The Kier molecular flexibility index (Phi) is 16.3. The van der Waals surface area contributed by atoms with Gasteiger partial charge in [0.25, 0.3) is 0 Å². The normalized spacial score (nSPS) is 54.8. The molecule has 4 aliphatic heterocycles. The molecule has 5 aliphatic carbocycles. The molecular weight excluding hydrogens is 989 g/mol. The topological polar surface area (TPSA) is 354 Å². The summed E-state index contributed by atoms with van der Waals surface area (Å²) in [6.07, 6.45) is -21.8. The van der Waals surface area contributed by atoms with Crippen LogP contribution in [-0.4, -0.2) is 222 Å². The SMILES string of the molecule is CC1OC(OC2C(COC3OC(CO)C(O)C(O)C3O)OC(OC(=O)C34CCC(C)(C)CC3C3=CCC5C6(C)CCC(OC7OCC(O)C(O)C7O)C(C)(CO)C6CCC5(C)C3(C)CC4)C(O)C2O)C(O)C(O)C1O. The Bertz CT molecular complexity index is 2060. The average molecular weight is 1080 g/mol. The number of carbonyl (C=O) groups is 1. The molecule has 9 aliphatic rings. The molecule has 430 valence electrons. The molecule has 0 aromatic rings. The lowest BCUT2D eigenvalue weighted by Gasteiger charge is -2.71. The predicted molar refractivity (Wildman–Crippen MR) is 257 cm³/mol. The maximum Gasteiger partial charge on any atom is 0.315 e. The van der Waals surface area contributed by atoms with Crippen LogP contribution in [0.25, 0.3) is 0 Å². The minimum Gasteiger partial charge on any atom is -0.432 e. The van der Waals surface area contributed by atoms with Gasteiger partial charge in [-0.2, -0.15) is 0 Å². The van der Waals surface area contributed by atoms with Crippen LogP contribution >= 0.6 is 0 Å². The van der Waals surface area contributed by atoms with E-state index in [0.29, 0.717) is 38.5 Å². The fourth-order valence-corrected chi connectivity index (χ4v) is 16.1. The molecule has 28 unspecified atom stereocenters. The molecular formula is C53H86O22. The number of allylic oxidation sites excluding steroid dienone is 2. The van der Waals surface area contributed by atoms with Crippen LogP contribution < -0.4 is 0 Å². The first-order chi connectivity index (χ1) is 35.1. The summed E-state index contributed by atoms with van der Waals surface area (Å²) in [5.41, 5.74) is -1.63. The van der Waals surface area contributed by atoms with Crippen molar-refractivity contribution in [3.05, 3.63) is 11.6 Å². The lowest BCUT2D eigenvalue weighted by Crippen LogP contribution is -2.67. The van der Waals surface area contributed by atoms with Gasteiger partial charge in [0, 0.05) is 5.41 Å². The fraction of sp³-hybridized carbons (Fsp3) is 0.943. The second-order valence-corrected chi connectivity index (χ2v) is 25.7. The highest BCUT2D eigenvalue weighted by Crippen LogP contribution is 2.76. The van der Waals surface area contributed by atoms with E-state index >= 15 is 4.79 Å². The molecule has 0 amide bonds. The van der Waals surface area contributed by atoms with E-state index < -0.39 is 153 Å². The van der Waals surface area contributed by atoms with Crippen molar-refractivity contribution >= 4 is 5.97 Å². The van der Waals surface area contributed by atoms with Crippen LogP contribution in [0.4, 0.5) is 0 Å².